The molecule has 0 radical (unpaired) electrons. The van der Waals surface area contributed by atoms with E-state index in [0.29, 0.717) is 39.3 Å². The van der Waals surface area contributed by atoms with E-state index in [0.717, 1.165) is 5.69 Å². The molecule has 3 fully saturated rings. The average molecular weight is 415 g/mol. The van der Waals surface area contributed by atoms with Crippen LogP contribution in [0, 0.1) is 11.8 Å². The molecule has 3 unspecified atom stereocenters. The summed E-state index contributed by atoms with van der Waals surface area (Å²) in [6.07, 6.45) is 0. The number of amides is 3. The summed E-state index contributed by atoms with van der Waals surface area (Å²) in [5.74, 6) is -0.574. The van der Waals surface area contributed by atoms with Crippen LogP contribution in [0.3, 0.4) is 0 Å². The Hall–Kier alpha value is -2.49. The number of piperazine rings is 1. The Balaban J connectivity index is 1.45. The number of anilines is 1. The molecule has 1 N–H and O–H groups in total. The molecule has 0 aliphatic carbocycles. The number of hydrogen-bond acceptors (Lipinski definition) is 6. The molecular formula is C21H29N5O4. The maximum absolute atomic E-state index is 13.4. The molecule has 3 aliphatic heterocycles. The molecule has 1 aromatic carbocycles. The summed E-state index contributed by atoms with van der Waals surface area (Å²) >= 11 is 0. The van der Waals surface area contributed by atoms with Gasteiger partial charge in [0, 0.05) is 46.4 Å². The summed E-state index contributed by atoms with van der Waals surface area (Å²) in [6, 6.07) is 9.25. The zero-order valence-corrected chi connectivity index (χ0v) is 17.5. The van der Waals surface area contributed by atoms with Crippen molar-refractivity contribution < 1.29 is 19.1 Å². The zero-order chi connectivity index (χ0) is 21.3. The first-order valence-corrected chi connectivity index (χ1v) is 10.4. The third-order valence-corrected chi connectivity index (χ3v) is 6.24. The van der Waals surface area contributed by atoms with Crippen molar-refractivity contribution in [3.63, 3.8) is 0 Å². The highest BCUT2D eigenvalue weighted by molar-refractivity contribution is 5.98. The highest BCUT2D eigenvalue weighted by atomic mass is 16.5. The minimum absolute atomic E-state index is 0.00512. The van der Waals surface area contributed by atoms with E-state index in [1.807, 2.05) is 42.3 Å². The third kappa shape index (κ3) is 3.92. The van der Waals surface area contributed by atoms with E-state index < -0.39 is 0 Å². The standard InChI is InChI=1S/C21H29N5O4/c1-23-12-16(20(28)25-10-8-24(9-11-25)18(27)14-30-2)19-17(13-23)21(29)26(22-19)15-6-4-3-5-7-15/h3-7,16-17,19,22H,8-14H2,1-2H3. The smallest absolute Gasteiger partial charge is 0.248 e. The fourth-order valence-corrected chi connectivity index (χ4v) is 4.68. The van der Waals surface area contributed by atoms with Crippen LogP contribution in [0.25, 0.3) is 0 Å². The number of nitrogens with one attached hydrogen (secondary N) is 1. The van der Waals surface area contributed by atoms with Gasteiger partial charge in [0.25, 0.3) is 0 Å². The van der Waals surface area contributed by atoms with E-state index in [9.17, 15) is 14.4 Å². The van der Waals surface area contributed by atoms with Crippen LogP contribution in [0.15, 0.2) is 30.3 Å². The van der Waals surface area contributed by atoms with Crippen LogP contribution in [0.4, 0.5) is 5.69 Å². The van der Waals surface area contributed by atoms with Crippen molar-refractivity contribution in [3.8, 4) is 0 Å². The lowest BCUT2D eigenvalue weighted by molar-refractivity contribution is -0.146. The lowest BCUT2D eigenvalue weighted by Gasteiger charge is -2.41. The topological polar surface area (TPSA) is 85.4 Å². The Kier molecular flexibility index (Phi) is 6.03. The molecule has 4 rings (SSSR count). The number of hydrogen-bond donors (Lipinski definition) is 1. The van der Waals surface area contributed by atoms with Gasteiger partial charge in [-0.05, 0) is 19.2 Å². The molecule has 3 heterocycles. The number of carbonyl (C=O) groups excluding carboxylic acids is 3. The molecule has 3 aliphatic rings. The van der Waals surface area contributed by atoms with Gasteiger partial charge in [-0.25, -0.2) is 10.4 Å². The van der Waals surface area contributed by atoms with Crippen LogP contribution in [-0.4, -0.2) is 98.5 Å². The molecular weight excluding hydrogens is 386 g/mol. The summed E-state index contributed by atoms with van der Waals surface area (Å²) in [5, 5.41) is 1.59. The van der Waals surface area contributed by atoms with Crippen LogP contribution in [-0.2, 0) is 19.1 Å². The number of hydrazine groups is 1. The second kappa shape index (κ2) is 8.71. The first-order valence-electron chi connectivity index (χ1n) is 10.4. The van der Waals surface area contributed by atoms with Gasteiger partial charge < -0.3 is 19.4 Å². The summed E-state index contributed by atoms with van der Waals surface area (Å²) in [6.45, 7) is 3.31. The quantitative estimate of drug-likeness (QED) is 0.707. The molecule has 162 valence electrons. The third-order valence-electron chi connectivity index (χ3n) is 6.24. The van der Waals surface area contributed by atoms with Gasteiger partial charge in [0.1, 0.15) is 6.61 Å². The van der Waals surface area contributed by atoms with Gasteiger partial charge in [-0.15, -0.1) is 0 Å². The summed E-state index contributed by atoms with van der Waals surface area (Å²) in [7, 11) is 3.46. The molecule has 0 spiro atoms. The van der Waals surface area contributed by atoms with E-state index in [-0.39, 0.29) is 42.2 Å². The van der Waals surface area contributed by atoms with E-state index in [1.165, 1.54) is 7.11 Å². The Labute approximate surface area is 176 Å². The van der Waals surface area contributed by atoms with Crippen molar-refractivity contribution in [1.82, 2.24) is 20.1 Å². The summed E-state index contributed by atoms with van der Waals surface area (Å²) < 4.78 is 4.92. The molecule has 0 bridgehead atoms. The highest BCUT2D eigenvalue weighted by Gasteiger charge is 2.51. The Morgan fingerprint density at radius 2 is 1.73 bits per heavy atom. The zero-order valence-electron chi connectivity index (χ0n) is 17.5. The maximum atomic E-state index is 13.4. The van der Waals surface area contributed by atoms with Crippen molar-refractivity contribution in [2.45, 2.75) is 6.04 Å². The van der Waals surface area contributed by atoms with Crippen LogP contribution in [0.1, 0.15) is 0 Å². The number of ether oxygens (including phenoxy) is 1. The highest BCUT2D eigenvalue weighted by Crippen LogP contribution is 2.32. The predicted molar refractivity (Wildman–Crippen MR) is 110 cm³/mol. The number of rotatable bonds is 4. The van der Waals surface area contributed by atoms with Crippen LogP contribution >= 0.6 is 0 Å². The van der Waals surface area contributed by atoms with Crippen LogP contribution in [0.2, 0.25) is 0 Å². The molecule has 30 heavy (non-hydrogen) atoms. The minimum atomic E-state index is -0.312. The van der Waals surface area contributed by atoms with Crippen molar-refractivity contribution >= 4 is 23.4 Å². The van der Waals surface area contributed by atoms with Gasteiger partial charge in [-0.1, -0.05) is 18.2 Å². The van der Waals surface area contributed by atoms with E-state index in [4.69, 9.17) is 4.74 Å². The number of para-hydroxylation sites is 1. The molecule has 0 aromatic heterocycles. The average Bonchev–Trinajstić information content (AvgIpc) is 3.10. The summed E-state index contributed by atoms with van der Waals surface area (Å²) in [4.78, 5) is 44.1. The van der Waals surface area contributed by atoms with E-state index in [1.54, 1.807) is 9.91 Å². The van der Waals surface area contributed by atoms with Gasteiger partial charge in [0.05, 0.1) is 23.6 Å². The van der Waals surface area contributed by atoms with E-state index >= 15 is 0 Å². The molecule has 9 heteroatoms. The largest absolute Gasteiger partial charge is 0.375 e. The Bertz CT molecular complexity index is 796. The first-order chi connectivity index (χ1) is 14.5. The maximum Gasteiger partial charge on any atom is 0.248 e. The molecule has 9 nitrogen and oxygen atoms in total. The van der Waals surface area contributed by atoms with Crippen molar-refractivity contribution in [2.24, 2.45) is 11.8 Å². The molecule has 3 saturated heterocycles. The summed E-state index contributed by atoms with van der Waals surface area (Å²) in [5.41, 5.74) is 4.11. The fraction of sp³-hybridized carbons (Fsp3) is 0.571. The second-order valence-corrected chi connectivity index (χ2v) is 8.24. The van der Waals surface area contributed by atoms with Crippen molar-refractivity contribution in [3.05, 3.63) is 30.3 Å². The molecule has 0 saturated carbocycles. The normalized spacial score (nSPS) is 27.3. The number of methoxy groups -OCH3 is 1. The lowest BCUT2D eigenvalue weighted by atomic mass is 9.84. The lowest BCUT2D eigenvalue weighted by Crippen LogP contribution is -2.59. The minimum Gasteiger partial charge on any atom is -0.375 e. The monoisotopic (exact) mass is 415 g/mol. The number of piperidine rings is 1. The number of carbonyl (C=O) groups is 3. The van der Waals surface area contributed by atoms with Crippen LogP contribution in [0.5, 0.6) is 0 Å². The number of fused-ring (bicyclic) bond motifs is 1. The fourth-order valence-electron chi connectivity index (χ4n) is 4.68. The number of nitrogens with zero attached hydrogens (tertiary/aromatic N) is 4. The van der Waals surface area contributed by atoms with Crippen LogP contribution < -0.4 is 10.4 Å². The Morgan fingerprint density at radius 3 is 2.40 bits per heavy atom. The first kappa shape index (κ1) is 20.8. The molecule has 1 aromatic rings. The SMILES string of the molecule is COCC(=O)N1CCN(C(=O)C2CN(C)CC3C(=O)N(c4ccccc4)NC23)CC1. The van der Waals surface area contributed by atoms with Gasteiger partial charge in [0.15, 0.2) is 0 Å². The number of benzene rings is 1. The van der Waals surface area contributed by atoms with Gasteiger partial charge in [0.2, 0.25) is 17.7 Å². The van der Waals surface area contributed by atoms with Gasteiger partial charge in [-0.2, -0.15) is 0 Å². The van der Waals surface area contributed by atoms with Crippen molar-refractivity contribution in [2.75, 3.05) is 65.0 Å². The van der Waals surface area contributed by atoms with Gasteiger partial charge in [-0.3, -0.25) is 14.4 Å². The second-order valence-electron chi connectivity index (χ2n) is 8.24. The molecule has 3 atom stereocenters. The van der Waals surface area contributed by atoms with E-state index in [2.05, 4.69) is 10.3 Å². The number of likely N-dealkylation sites (tertiary alicyclic amines) is 1. The molecule has 3 amide bonds. The van der Waals surface area contributed by atoms with Crippen molar-refractivity contribution in [1.29, 1.82) is 0 Å². The predicted octanol–water partition coefficient (Wildman–Crippen LogP) is -0.599. The Morgan fingerprint density at radius 1 is 1.07 bits per heavy atom. The van der Waals surface area contributed by atoms with Gasteiger partial charge >= 0.3 is 0 Å².